The third kappa shape index (κ3) is 4.82. The molecule has 0 bridgehead atoms. The van der Waals surface area contributed by atoms with Crippen LogP contribution in [0.3, 0.4) is 0 Å². The predicted octanol–water partition coefficient (Wildman–Crippen LogP) is 3.92. The molecular weight excluding hydrogens is 552 g/mol. The van der Waals surface area contributed by atoms with Crippen molar-refractivity contribution in [3.63, 3.8) is 0 Å². The van der Waals surface area contributed by atoms with E-state index in [9.17, 15) is 28.8 Å². The van der Waals surface area contributed by atoms with Crippen molar-refractivity contribution in [2.24, 2.45) is 0 Å². The number of imide groups is 2. The Labute approximate surface area is 245 Å². The molecule has 43 heavy (non-hydrogen) atoms. The SMILES string of the molecule is C=C(CC(=O)OCCN1C(=O)c2cccc3cccc(c23)C1=O)C(=O)OCCN1C(=O)c2cccc3cccc(c23)C1=O. The molecule has 6 rings (SSSR count). The number of hydrogen-bond acceptors (Lipinski definition) is 8. The summed E-state index contributed by atoms with van der Waals surface area (Å²) in [6, 6.07) is 20.8. The Bertz CT molecular complexity index is 1810. The summed E-state index contributed by atoms with van der Waals surface area (Å²) >= 11 is 0. The van der Waals surface area contributed by atoms with Crippen LogP contribution < -0.4 is 0 Å². The van der Waals surface area contributed by atoms with E-state index in [0.29, 0.717) is 33.0 Å². The van der Waals surface area contributed by atoms with E-state index in [0.717, 1.165) is 20.6 Å². The van der Waals surface area contributed by atoms with Crippen LogP contribution in [-0.2, 0) is 19.1 Å². The van der Waals surface area contributed by atoms with Crippen molar-refractivity contribution in [1.29, 1.82) is 0 Å². The molecule has 10 heteroatoms. The Morgan fingerprint density at radius 2 is 0.953 bits per heavy atom. The lowest BCUT2D eigenvalue weighted by Gasteiger charge is -2.27. The van der Waals surface area contributed by atoms with Crippen LogP contribution in [0.15, 0.2) is 84.9 Å². The summed E-state index contributed by atoms with van der Waals surface area (Å²) in [6.45, 7) is 2.66. The first-order valence-electron chi connectivity index (χ1n) is 13.5. The molecule has 2 aliphatic rings. The smallest absolute Gasteiger partial charge is 0.334 e. The van der Waals surface area contributed by atoms with Gasteiger partial charge in [0.1, 0.15) is 13.2 Å². The van der Waals surface area contributed by atoms with Crippen molar-refractivity contribution in [1.82, 2.24) is 9.80 Å². The number of carbonyl (C=O) groups is 6. The molecule has 2 aliphatic heterocycles. The van der Waals surface area contributed by atoms with Gasteiger partial charge in [0.25, 0.3) is 23.6 Å². The molecule has 214 valence electrons. The number of rotatable bonds is 9. The standard InChI is InChI=1S/C33H24N2O8/c1-19(33(41)43-17-15-35-31(39)24-12-4-8-21-9-5-13-25(28(21)24)32(35)40)18-26(36)42-16-14-34-29(37)22-10-2-6-20-7-3-11-23(27(20)22)30(34)38/h2-13H,1,14-18H2. The van der Waals surface area contributed by atoms with Crippen LogP contribution in [0.4, 0.5) is 0 Å². The third-order valence-corrected chi connectivity index (χ3v) is 7.48. The van der Waals surface area contributed by atoms with Crippen molar-refractivity contribution in [3.8, 4) is 0 Å². The van der Waals surface area contributed by atoms with E-state index in [1.807, 2.05) is 24.3 Å². The molecular formula is C33H24N2O8. The summed E-state index contributed by atoms with van der Waals surface area (Å²) in [5, 5.41) is 2.75. The number of benzene rings is 4. The molecule has 2 heterocycles. The minimum Gasteiger partial charge on any atom is -0.464 e. The maximum absolute atomic E-state index is 13.0. The molecule has 0 saturated carbocycles. The average molecular weight is 577 g/mol. The molecule has 4 aromatic rings. The van der Waals surface area contributed by atoms with Crippen LogP contribution in [-0.4, -0.2) is 71.7 Å². The van der Waals surface area contributed by atoms with E-state index in [1.54, 1.807) is 48.5 Å². The lowest BCUT2D eigenvalue weighted by Crippen LogP contribution is -2.42. The number of hydrogen-bond donors (Lipinski definition) is 0. The molecule has 4 amide bonds. The number of esters is 2. The van der Waals surface area contributed by atoms with E-state index in [-0.39, 0.29) is 31.9 Å². The van der Waals surface area contributed by atoms with Gasteiger partial charge in [-0.25, -0.2) is 4.79 Å². The van der Waals surface area contributed by atoms with E-state index >= 15 is 0 Å². The molecule has 4 aromatic carbocycles. The molecule has 0 unspecified atom stereocenters. The summed E-state index contributed by atoms with van der Waals surface area (Å²) < 4.78 is 10.3. The summed E-state index contributed by atoms with van der Waals surface area (Å²) in [5.41, 5.74) is 1.37. The average Bonchev–Trinajstić information content (AvgIpc) is 3.01. The number of nitrogens with zero attached hydrogens (tertiary/aromatic N) is 2. The van der Waals surface area contributed by atoms with Crippen molar-refractivity contribution in [2.75, 3.05) is 26.3 Å². The fourth-order valence-electron chi connectivity index (χ4n) is 5.45. The molecule has 0 saturated heterocycles. The maximum atomic E-state index is 13.0. The monoisotopic (exact) mass is 576 g/mol. The number of carbonyl (C=O) groups excluding carboxylic acids is 6. The Balaban J connectivity index is 0.984. The summed E-state index contributed by atoms with van der Waals surface area (Å²) in [7, 11) is 0. The highest BCUT2D eigenvalue weighted by Crippen LogP contribution is 2.31. The van der Waals surface area contributed by atoms with E-state index < -0.39 is 42.0 Å². The Kier molecular flexibility index (Phi) is 7.03. The minimum atomic E-state index is -0.887. The van der Waals surface area contributed by atoms with Crippen molar-refractivity contribution in [2.45, 2.75) is 6.42 Å². The van der Waals surface area contributed by atoms with Crippen molar-refractivity contribution in [3.05, 3.63) is 107 Å². The second kappa shape index (κ2) is 11.0. The third-order valence-electron chi connectivity index (χ3n) is 7.48. The first-order valence-corrected chi connectivity index (χ1v) is 13.5. The zero-order valence-electron chi connectivity index (χ0n) is 22.8. The Morgan fingerprint density at radius 3 is 1.35 bits per heavy atom. The van der Waals surface area contributed by atoms with Gasteiger partial charge in [0.2, 0.25) is 0 Å². The summed E-state index contributed by atoms with van der Waals surface area (Å²) in [4.78, 5) is 78.7. The zero-order valence-corrected chi connectivity index (χ0v) is 22.8. The van der Waals surface area contributed by atoms with Gasteiger partial charge in [0.15, 0.2) is 0 Å². The lowest BCUT2D eigenvalue weighted by molar-refractivity contribution is -0.146. The van der Waals surface area contributed by atoms with Crippen molar-refractivity contribution >= 4 is 57.1 Å². The van der Waals surface area contributed by atoms with E-state index in [2.05, 4.69) is 6.58 Å². The van der Waals surface area contributed by atoms with Gasteiger partial charge in [-0.05, 0) is 35.0 Å². The summed E-state index contributed by atoms with van der Waals surface area (Å²) in [5.74, 6) is -3.62. The lowest BCUT2D eigenvalue weighted by atomic mass is 9.94. The fourth-order valence-corrected chi connectivity index (χ4v) is 5.45. The highest BCUT2D eigenvalue weighted by atomic mass is 16.5. The largest absolute Gasteiger partial charge is 0.464 e. The van der Waals surface area contributed by atoms with Gasteiger partial charge in [-0.1, -0.05) is 55.1 Å². The van der Waals surface area contributed by atoms with Crippen LogP contribution in [0.1, 0.15) is 47.9 Å². The summed E-state index contributed by atoms with van der Waals surface area (Å²) in [6.07, 6.45) is -0.486. The van der Waals surface area contributed by atoms with E-state index in [4.69, 9.17) is 9.47 Å². The van der Waals surface area contributed by atoms with Gasteiger partial charge in [0.05, 0.1) is 19.5 Å². The molecule has 0 spiro atoms. The normalized spacial score (nSPS) is 14.0. The molecule has 0 aliphatic carbocycles. The second-order valence-corrected chi connectivity index (χ2v) is 10.1. The first-order chi connectivity index (χ1) is 20.8. The highest BCUT2D eigenvalue weighted by molar-refractivity contribution is 6.26. The first kappa shape index (κ1) is 27.5. The van der Waals surface area contributed by atoms with Gasteiger partial charge in [-0.3, -0.25) is 33.8 Å². The Hall–Kier alpha value is -5.64. The fraction of sp³-hybridized carbons (Fsp3) is 0.152. The minimum absolute atomic E-state index is 0.167. The molecule has 0 aromatic heterocycles. The molecule has 0 atom stereocenters. The van der Waals surface area contributed by atoms with Crippen molar-refractivity contribution < 1.29 is 38.2 Å². The molecule has 10 nitrogen and oxygen atoms in total. The highest BCUT2D eigenvalue weighted by Gasteiger charge is 2.34. The van der Waals surface area contributed by atoms with Crippen LogP contribution in [0, 0.1) is 0 Å². The zero-order chi connectivity index (χ0) is 30.2. The number of amides is 4. The van der Waals surface area contributed by atoms with Crippen LogP contribution >= 0.6 is 0 Å². The maximum Gasteiger partial charge on any atom is 0.334 e. The van der Waals surface area contributed by atoms with Gasteiger partial charge >= 0.3 is 11.9 Å². The van der Waals surface area contributed by atoms with Crippen LogP contribution in [0.2, 0.25) is 0 Å². The molecule has 0 radical (unpaired) electrons. The van der Waals surface area contributed by atoms with Crippen LogP contribution in [0.25, 0.3) is 21.5 Å². The van der Waals surface area contributed by atoms with Crippen LogP contribution in [0.5, 0.6) is 0 Å². The van der Waals surface area contributed by atoms with Gasteiger partial charge in [-0.15, -0.1) is 0 Å². The second-order valence-electron chi connectivity index (χ2n) is 10.1. The predicted molar refractivity (Wildman–Crippen MR) is 154 cm³/mol. The topological polar surface area (TPSA) is 127 Å². The van der Waals surface area contributed by atoms with E-state index in [1.165, 1.54) is 0 Å². The quantitative estimate of drug-likeness (QED) is 0.167. The van der Waals surface area contributed by atoms with Gasteiger partial charge in [0, 0.05) is 38.6 Å². The Morgan fingerprint density at radius 1 is 0.581 bits per heavy atom. The molecule has 0 N–H and O–H groups in total. The number of ether oxygens (including phenoxy) is 2. The van der Waals surface area contributed by atoms with Gasteiger partial charge in [-0.2, -0.15) is 0 Å². The van der Waals surface area contributed by atoms with Gasteiger partial charge < -0.3 is 9.47 Å². The molecule has 0 fully saturated rings.